The van der Waals surface area contributed by atoms with Crippen LogP contribution >= 0.6 is 0 Å². The molecule has 9 nitrogen and oxygen atoms in total. The fraction of sp³-hybridized carbons (Fsp3) is 0.281. The molecule has 2 N–H and O–H groups in total. The quantitative estimate of drug-likeness (QED) is 0.307. The van der Waals surface area contributed by atoms with Gasteiger partial charge in [-0.2, -0.15) is 0 Å². The Labute approximate surface area is 236 Å². The van der Waals surface area contributed by atoms with Crippen LogP contribution in [0.3, 0.4) is 0 Å². The summed E-state index contributed by atoms with van der Waals surface area (Å²) in [6.45, 7) is 1.94. The Kier molecular flexibility index (Phi) is 5.68. The lowest BCUT2D eigenvalue weighted by atomic mass is 9.96. The molecule has 3 aliphatic rings. The lowest BCUT2D eigenvalue weighted by molar-refractivity contribution is -0.0233. The van der Waals surface area contributed by atoms with Crippen LogP contribution in [-0.4, -0.2) is 56.9 Å². The van der Waals surface area contributed by atoms with Gasteiger partial charge in [0.05, 0.1) is 55.7 Å². The topological polar surface area (TPSA) is 106 Å². The smallest absolute Gasteiger partial charge is 0.262 e. The van der Waals surface area contributed by atoms with E-state index in [4.69, 9.17) is 9.47 Å². The molecule has 5 aromatic rings. The zero-order chi connectivity index (χ0) is 27.5. The summed E-state index contributed by atoms with van der Waals surface area (Å²) in [5.74, 6) is 1.10. The maximum atomic E-state index is 13.8. The van der Waals surface area contributed by atoms with Gasteiger partial charge in [-0.1, -0.05) is 18.2 Å². The summed E-state index contributed by atoms with van der Waals surface area (Å²) in [6, 6.07) is 16.1. The Hall–Kier alpha value is -4.47. The van der Waals surface area contributed by atoms with Crippen LogP contribution in [0.2, 0.25) is 0 Å². The Balaban J connectivity index is 1.18. The van der Waals surface area contributed by atoms with E-state index in [0.29, 0.717) is 60.9 Å². The highest BCUT2D eigenvalue weighted by molar-refractivity contribution is 6.09. The van der Waals surface area contributed by atoms with Gasteiger partial charge in [0.15, 0.2) is 0 Å². The van der Waals surface area contributed by atoms with Crippen molar-refractivity contribution in [3.8, 4) is 28.3 Å². The fourth-order valence-corrected chi connectivity index (χ4v) is 5.95. The molecule has 1 saturated carbocycles. The molecule has 206 valence electrons. The zero-order valence-electron chi connectivity index (χ0n) is 22.4. The van der Waals surface area contributed by atoms with Crippen molar-refractivity contribution >= 4 is 22.6 Å². The van der Waals surface area contributed by atoms with Crippen LogP contribution in [0.1, 0.15) is 46.3 Å². The summed E-state index contributed by atoms with van der Waals surface area (Å²) >= 11 is 0. The summed E-state index contributed by atoms with van der Waals surface area (Å²) in [5.41, 5.74) is 7.34. The summed E-state index contributed by atoms with van der Waals surface area (Å²) in [4.78, 5) is 28.1. The third-order valence-electron chi connectivity index (χ3n) is 8.44. The normalized spacial score (nSPS) is 17.3. The van der Waals surface area contributed by atoms with Crippen molar-refractivity contribution in [2.24, 2.45) is 0 Å². The van der Waals surface area contributed by atoms with Crippen LogP contribution in [0, 0.1) is 0 Å². The lowest BCUT2D eigenvalue weighted by Gasteiger charge is -2.26. The first kappa shape index (κ1) is 24.3. The zero-order valence-corrected chi connectivity index (χ0v) is 22.4. The molecule has 3 aromatic heterocycles. The van der Waals surface area contributed by atoms with Gasteiger partial charge in [0, 0.05) is 23.3 Å². The number of ether oxygens (including phenoxy) is 2. The number of aliphatic hydroxyl groups is 1. The third kappa shape index (κ3) is 4.11. The van der Waals surface area contributed by atoms with E-state index < -0.39 is 0 Å². The van der Waals surface area contributed by atoms with E-state index in [2.05, 4.69) is 19.5 Å². The van der Waals surface area contributed by atoms with Crippen LogP contribution < -0.4 is 9.64 Å². The van der Waals surface area contributed by atoms with E-state index in [0.717, 1.165) is 33.5 Å². The van der Waals surface area contributed by atoms with E-state index in [1.54, 1.807) is 11.1 Å². The highest BCUT2D eigenvalue weighted by atomic mass is 16.5. The molecule has 1 aliphatic carbocycles. The van der Waals surface area contributed by atoms with Crippen molar-refractivity contribution in [3.63, 3.8) is 0 Å². The number of aliphatic hydroxyl groups excluding tert-OH is 1. The fourth-order valence-electron chi connectivity index (χ4n) is 5.95. The van der Waals surface area contributed by atoms with Crippen LogP contribution in [0.4, 0.5) is 5.69 Å². The Morgan fingerprint density at radius 2 is 1.93 bits per heavy atom. The van der Waals surface area contributed by atoms with Crippen molar-refractivity contribution in [3.05, 3.63) is 83.9 Å². The van der Waals surface area contributed by atoms with Crippen LogP contribution in [0.25, 0.3) is 33.5 Å². The Bertz CT molecular complexity index is 1800. The molecule has 0 spiro atoms. The summed E-state index contributed by atoms with van der Waals surface area (Å²) < 4.78 is 13.5. The molecular weight excluding hydrogens is 518 g/mol. The summed E-state index contributed by atoms with van der Waals surface area (Å²) in [5, 5.41) is 11.6. The predicted molar refractivity (Wildman–Crippen MR) is 154 cm³/mol. The average molecular weight is 548 g/mol. The van der Waals surface area contributed by atoms with Crippen molar-refractivity contribution in [2.75, 3.05) is 31.3 Å². The molecule has 2 fully saturated rings. The van der Waals surface area contributed by atoms with E-state index in [1.807, 2.05) is 61.1 Å². The first-order chi connectivity index (χ1) is 20.2. The molecule has 41 heavy (non-hydrogen) atoms. The molecular formula is C32H29N5O4. The first-order valence-electron chi connectivity index (χ1n) is 14.1. The van der Waals surface area contributed by atoms with E-state index >= 15 is 0 Å². The SMILES string of the molecule is O=C1c2ccc(C3CC3)cc2OCCN1c1cccc(-c2ccnc3[nH]c(-c4cn(C5COC5)cn4)cc23)c1CO. The highest BCUT2D eigenvalue weighted by Gasteiger charge is 2.30. The number of anilines is 1. The largest absolute Gasteiger partial charge is 0.491 e. The van der Waals surface area contributed by atoms with Gasteiger partial charge in [-0.3, -0.25) is 4.79 Å². The summed E-state index contributed by atoms with van der Waals surface area (Å²) in [6.07, 6.45) is 8.00. The second-order valence-electron chi connectivity index (χ2n) is 11.0. The maximum absolute atomic E-state index is 13.8. The number of carbonyl (C=O) groups is 1. The molecule has 9 heteroatoms. The number of imidazole rings is 1. The molecule has 1 saturated heterocycles. The molecule has 8 rings (SSSR count). The number of fused-ring (bicyclic) bond motifs is 2. The van der Waals surface area contributed by atoms with Gasteiger partial charge in [-0.15, -0.1) is 0 Å². The Morgan fingerprint density at radius 1 is 1.02 bits per heavy atom. The molecule has 5 heterocycles. The molecule has 0 unspecified atom stereocenters. The van der Waals surface area contributed by atoms with E-state index in [9.17, 15) is 9.90 Å². The third-order valence-corrected chi connectivity index (χ3v) is 8.44. The second-order valence-corrected chi connectivity index (χ2v) is 11.0. The predicted octanol–water partition coefficient (Wildman–Crippen LogP) is 5.07. The summed E-state index contributed by atoms with van der Waals surface area (Å²) in [7, 11) is 0. The maximum Gasteiger partial charge on any atom is 0.262 e. The number of hydrogen-bond donors (Lipinski definition) is 2. The molecule has 0 radical (unpaired) electrons. The number of amides is 1. The van der Waals surface area contributed by atoms with Crippen molar-refractivity contribution in [1.29, 1.82) is 0 Å². The minimum Gasteiger partial charge on any atom is -0.491 e. The van der Waals surface area contributed by atoms with Gasteiger partial charge < -0.3 is 29.0 Å². The molecule has 0 bridgehead atoms. The van der Waals surface area contributed by atoms with Gasteiger partial charge in [0.25, 0.3) is 5.91 Å². The first-order valence-corrected chi connectivity index (χ1v) is 14.1. The number of hydrogen-bond acceptors (Lipinski definition) is 6. The van der Waals surface area contributed by atoms with Crippen LogP contribution in [0.5, 0.6) is 5.75 Å². The number of nitrogens with zero attached hydrogens (tertiary/aromatic N) is 4. The highest BCUT2D eigenvalue weighted by Crippen LogP contribution is 2.43. The second kappa shape index (κ2) is 9.57. The van der Waals surface area contributed by atoms with E-state index in [-0.39, 0.29) is 12.5 Å². The minimum absolute atomic E-state index is 0.122. The van der Waals surface area contributed by atoms with E-state index in [1.165, 1.54) is 18.4 Å². The minimum atomic E-state index is -0.224. The molecule has 2 aliphatic heterocycles. The number of aromatic amines is 1. The van der Waals surface area contributed by atoms with Gasteiger partial charge in [0.2, 0.25) is 0 Å². The van der Waals surface area contributed by atoms with Gasteiger partial charge in [-0.25, -0.2) is 9.97 Å². The monoisotopic (exact) mass is 547 g/mol. The number of pyridine rings is 1. The van der Waals surface area contributed by atoms with Gasteiger partial charge >= 0.3 is 0 Å². The van der Waals surface area contributed by atoms with Crippen LogP contribution in [-0.2, 0) is 11.3 Å². The van der Waals surface area contributed by atoms with Gasteiger partial charge in [-0.05, 0) is 65.8 Å². The van der Waals surface area contributed by atoms with Crippen molar-refractivity contribution in [2.45, 2.75) is 31.4 Å². The van der Waals surface area contributed by atoms with Crippen molar-refractivity contribution < 1.29 is 19.4 Å². The number of H-pyrrole nitrogens is 1. The Morgan fingerprint density at radius 3 is 2.73 bits per heavy atom. The lowest BCUT2D eigenvalue weighted by Crippen LogP contribution is -2.33. The molecule has 2 aromatic carbocycles. The standard InChI is InChI=1S/C32H29N5O4/c38-15-26-22(23-8-9-33-31-25(23)13-27(35-31)28-14-36(18-34-28)21-16-40-17-21)2-1-3-29(26)37-10-11-41-30-12-20(19-4-5-19)6-7-24(30)32(37)39/h1-3,6-9,12-14,18-19,21,38H,4-5,10-11,15-17H2,(H,33,35). The number of rotatable bonds is 6. The average Bonchev–Trinajstić information content (AvgIpc) is 3.60. The van der Waals surface area contributed by atoms with Crippen LogP contribution in [0.15, 0.2) is 67.3 Å². The van der Waals surface area contributed by atoms with Crippen molar-refractivity contribution in [1.82, 2.24) is 19.5 Å². The number of benzene rings is 2. The molecule has 1 amide bonds. The number of aromatic nitrogens is 4. The molecule has 0 atom stereocenters. The number of nitrogens with one attached hydrogen (secondary N) is 1. The van der Waals surface area contributed by atoms with Gasteiger partial charge in [0.1, 0.15) is 23.7 Å². The number of carbonyl (C=O) groups excluding carboxylic acids is 1.